The SMILES string of the molecule is CNC(c1cc(F)cc(F)c1)c1ccccc1C(F)(F)F. The van der Waals surface area contributed by atoms with Gasteiger partial charge in [-0.3, -0.25) is 0 Å². The van der Waals surface area contributed by atoms with Gasteiger partial charge in [0.15, 0.2) is 0 Å². The summed E-state index contributed by atoms with van der Waals surface area (Å²) in [6, 6.07) is 6.67. The Morgan fingerprint density at radius 1 is 0.952 bits per heavy atom. The molecule has 0 saturated heterocycles. The molecule has 1 atom stereocenters. The average molecular weight is 301 g/mol. The molecule has 6 heteroatoms. The molecule has 21 heavy (non-hydrogen) atoms. The van der Waals surface area contributed by atoms with Crippen molar-refractivity contribution in [3.05, 3.63) is 70.8 Å². The molecule has 0 aliphatic rings. The third-order valence-electron chi connectivity index (χ3n) is 3.08. The maximum absolute atomic E-state index is 13.3. The van der Waals surface area contributed by atoms with E-state index in [0.29, 0.717) is 6.07 Å². The minimum absolute atomic E-state index is 0.0856. The summed E-state index contributed by atoms with van der Waals surface area (Å²) >= 11 is 0. The number of halogens is 5. The standard InChI is InChI=1S/C15H12F5N/c1-21-14(9-6-10(16)8-11(17)7-9)12-4-2-3-5-13(12)15(18,19)20/h2-8,14,21H,1H3. The van der Waals surface area contributed by atoms with E-state index in [9.17, 15) is 22.0 Å². The van der Waals surface area contributed by atoms with Crippen molar-refractivity contribution in [1.29, 1.82) is 0 Å². The van der Waals surface area contributed by atoms with Crippen LogP contribution in [0.5, 0.6) is 0 Å². The summed E-state index contributed by atoms with van der Waals surface area (Å²) in [5, 5.41) is 2.67. The van der Waals surface area contributed by atoms with Crippen molar-refractivity contribution in [3.8, 4) is 0 Å². The van der Waals surface area contributed by atoms with Crippen molar-refractivity contribution in [3.63, 3.8) is 0 Å². The van der Waals surface area contributed by atoms with Gasteiger partial charge in [0.05, 0.1) is 11.6 Å². The minimum Gasteiger partial charge on any atom is -0.309 e. The zero-order valence-electron chi connectivity index (χ0n) is 11.0. The topological polar surface area (TPSA) is 12.0 Å². The van der Waals surface area contributed by atoms with Crippen molar-refractivity contribution >= 4 is 0 Å². The fraction of sp³-hybridized carbons (Fsp3) is 0.200. The lowest BCUT2D eigenvalue weighted by Crippen LogP contribution is -2.22. The fourth-order valence-electron chi connectivity index (χ4n) is 2.25. The molecule has 2 aromatic carbocycles. The highest BCUT2D eigenvalue weighted by atomic mass is 19.4. The van der Waals surface area contributed by atoms with E-state index >= 15 is 0 Å². The number of rotatable bonds is 3. The molecule has 0 aliphatic carbocycles. The smallest absolute Gasteiger partial charge is 0.309 e. The van der Waals surface area contributed by atoms with Crippen molar-refractivity contribution in [2.45, 2.75) is 12.2 Å². The van der Waals surface area contributed by atoms with Crippen LogP contribution in [0, 0.1) is 11.6 Å². The summed E-state index contributed by atoms with van der Waals surface area (Å²) in [4.78, 5) is 0. The lowest BCUT2D eigenvalue weighted by atomic mass is 9.94. The fourth-order valence-corrected chi connectivity index (χ4v) is 2.25. The van der Waals surface area contributed by atoms with Gasteiger partial charge >= 0.3 is 6.18 Å². The Labute approximate surface area is 118 Å². The molecule has 0 fully saturated rings. The molecule has 0 amide bonds. The van der Waals surface area contributed by atoms with Crippen LogP contribution in [0.1, 0.15) is 22.7 Å². The van der Waals surface area contributed by atoms with Gasteiger partial charge in [0.2, 0.25) is 0 Å². The third kappa shape index (κ3) is 3.39. The van der Waals surface area contributed by atoms with Crippen LogP contribution in [0.25, 0.3) is 0 Å². The largest absolute Gasteiger partial charge is 0.416 e. The molecular weight excluding hydrogens is 289 g/mol. The van der Waals surface area contributed by atoms with Crippen molar-refractivity contribution in [2.24, 2.45) is 0 Å². The molecule has 0 aliphatic heterocycles. The van der Waals surface area contributed by atoms with Gasteiger partial charge in [-0.05, 0) is 36.4 Å². The Kier molecular flexibility index (Phi) is 4.27. The van der Waals surface area contributed by atoms with Gasteiger partial charge in [0.1, 0.15) is 11.6 Å². The molecule has 0 saturated carbocycles. The molecule has 0 radical (unpaired) electrons. The molecule has 0 aromatic heterocycles. The third-order valence-corrected chi connectivity index (χ3v) is 3.08. The summed E-state index contributed by atoms with van der Waals surface area (Å²) in [7, 11) is 1.43. The maximum Gasteiger partial charge on any atom is 0.416 e. The lowest BCUT2D eigenvalue weighted by Gasteiger charge is -2.22. The second kappa shape index (κ2) is 5.81. The summed E-state index contributed by atoms with van der Waals surface area (Å²) < 4.78 is 65.7. The van der Waals surface area contributed by atoms with E-state index in [2.05, 4.69) is 5.32 Å². The summed E-state index contributed by atoms with van der Waals surface area (Å²) in [6.07, 6.45) is -4.54. The van der Waals surface area contributed by atoms with E-state index in [0.717, 1.165) is 18.2 Å². The first kappa shape index (κ1) is 15.4. The number of nitrogens with one attached hydrogen (secondary N) is 1. The Morgan fingerprint density at radius 2 is 1.52 bits per heavy atom. The molecule has 1 N–H and O–H groups in total. The molecule has 1 nitrogen and oxygen atoms in total. The first-order chi connectivity index (χ1) is 9.82. The van der Waals surface area contributed by atoms with Crippen LogP contribution < -0.4 is 5.32 Å². The average Bonchev–Trinajstić information content (AvgIpc) is 2.38. The van der Waals surface area contributed by atoms with Crippen molar-refractivity contribution < 1.29 is 22.0 Å². The number of hydrogen-bond acceptors (Lipinski definition) is 1. The van der Waals surface area contributed by atoms with E-state index in [1.54, 1.807) is 0 Å². The maximum atomic E-state index is 13.3. The summed E-state index contributed by atoms with van der Waals surface area (Å²) in [6.45, 7) is 0. The molecule has 2 rings (SSSR count). The first-order valence-corrected chi connectivity index (χ1v) is 6.12. The number of alkyl halides is 3. The number of hydrogen-bond donors (Lipinski definition) is 1. The van der Waals surface area contributed by atoms with Crippen LogP contribution in [0.3, 0.4) is 0 Å². The van der Waals surface area contributed by atoms with Crippen LogP contribution >= 0.6 is 0 Å². The highest BCUT2D eigenvalue weighted by Crippen LogP contribution is 2.36. The van der Waals surface area contributed by atoms with Gasteiger partial charge < -0.3 is 5.32 Å². The van der Waals surface area contributed by atoms with E-state index in [1.807, 2.05) is 0 Å². The molecule has 112 valence electrons. The Bertz CT molecular complexity index is 616. The van der Waals surface area contributed by atoms with E-state index in [1.165, 1.54) is 25.2 Å². The summed E-state index contributed by atoms with van der Waals surface area (Å²) in [5.74, 6) is -1.68. The van der Waals surface area contributed by atoms with Crippen LogP contribution in [0.4, 0.5) is 22.0 Å². The zero-order chi connectivity index (χ0) is 15.6. The van der Waals surface area contributed by atoms with Crippen LogP contribution in [0.15, 0.2) is 42.5 Å². The second-order valence-corrected chi connectivity index (χ2v) is 4.51. The molecule has 0 bridgehead atoms. The quantitative estimate of drug-likeness (QED) is 0.834. The molecule has 2 aromatic rings. The van der Waals surface area contributed by atoms with Gasteiger partial charge in [0, 0.05) is 6.07 Å². The summed E-state index contributed by atoms with van der Waals surface area (Å²) in [5.41, 5.74) is -0.835. The highest BCUT2D eigenvalue weighted by Gasteiger charge is 2.35. The number of benzene rings is 2. The van der Waals surface area contributed by atoms with Crippen molar-refractivity contribution in [1.82, 2.24) is 5.32 Å². The van der Waals surface area contributed by atoms with Gasteiger partial charge in [-0.15, -0.1) is 0 Å². The van der Waals surface area contributed by atoms with E-state index < -0.39 is 29.4 Å². The molecule has 0 spiro atoms. The Balaban J connectivity index is 2.57. The van der Waals surface area contributed by atoms with Crippen LogP contribution in [0.2, 0.25) is 0 Å². The lowest BCUT2D eigenvalue weighted by molar-refractivity contribution is -0.138. The van der Waals surface area contributed by atoms with Crippen LogP contribution in [-0.2, 0) is 6.18 Å². The monoisotopic (exact) mass is 301 g/mol. The predicted molar refractivity (Wildman–Crippen MR) is 68.7 cm³/mol. The second-order valence-electron chi connectivity index (χ2n) is 4.51. The van der Waals surface area contributed by atoms with Gasteiger partial charge in [0.25, 0.3) is 0 Å². The molecular formula is C15H12F5N. The van der Waals surface area contributed by atoms with Gasteiger partial charge in [-0.25, -0.2) is 8.78 Å². The van der Waals surface area contributed by atoms with E-state index in [-0.39, 0.29) is 11.1 Å². The zero-order valence-corrected chi connectivity index (χ0v) is 11.0. The minimum atomic E-state index is -4.54. The van der Waals surface area contributed by atoms with Gasteiger partial charge in [-0.2, -0.15) is 13.2 Å². The van der Waals surface area contributed by atoms with Crippen LogP contribution in [-0.4, -0.2) is 7.05 Å². The Hall–Kier alpha value is -1.95. The molecule has 0 heterocycles. The Morgan fingerprint density at radius 3 is 2.05 bits per heavy atom. The predicted octanol–water partition coefficient (Wildman–Crippen LogP) is 4.29. The van der Waals surface area contributed by atoms with Gasteiger partial charge in [-0.1, -0.05) is 18.2 Å². The normalized spacial score (nSPS) is 13.2. The van der Waals surface area contributed by atoms with Crippen molar-refractivity contribution in [2.75, 3.05) is 7.05 Å². The van der Waals surface area contributed by atoms with E-state index in [4.69, 9.17) is 0 Å². The highest BCUT2D eigenvalue weighted by molar-refractivity contribution is 5.39. The first-order valence-electron chi connectivity index (χ1n) is 6.12. The molecule has 1 unspecified atom stereocenters.